The molecule has 3 rings (SSSR count). The zero-order valence-corrected chi connectivity index (χ0v) is 21.3. The highest BCUT2D eigenvalue weighted by Gasteiger charge is 2.30. The van der Waals surface area contributed by atoms with Crippen LogP contribution in [-0.4, -0.2) is 35.1 Å². The average molecular weight is 513 g/mol. The quantitative estimate of drug-likeness (QED) is 0.330. The topological polar surface area (TPSA) is 49.4 Å². The molecule has 3 aromatic rings. The summed E-state index contributed by atoms with van der Waals surface area (Å²) in [6, 6.07) is 22.8. The highest BCUT2D eigenvalue weighted by atomic mass is 35.5. The number of hydrogen-bond donors (Lipinski definition) is 1. The molecule has 0 bridgehead atoms. The van der Waals surface area contributed by atoms with Gasteiger partial charge >= 0.3 is 0 Å². The Morgan fingerprint density at radius 3 is 2.43 bits per heavy atom. The minimum Gasteiger partial charge on any atom is -0.354 e. The van der Waals surface area contributed by atoms with Crippen molar-refractivity contribution in [1.29, 1.82) is 0 Å². The highest BCUT2D eigenvalue weighted by molar-refractivity contribution is 7.99. The minimum absolute atomic E-state index is 0.126. The summed E-state index contributed by atoms with van der Waals surface area (Å²) in [6.07, 6.45) is 1.19. The third-order valence-electron chi connectivity index (χ3n) is 5.50. The molecule has 1 N–H and O–H groups in total. The summed E-state index contributed by atoms with van der Waals surface area (Å²) >= 11 is 7.53. The van der Waals surface area contributed by atoms with Crippen LogP contribution >= 0.6 is 23.4 Å². The van der Waals surface area contributed by atoms with Crippen LogP contribution in [0.5, 0.6) is 0 Å². The van der Waals surface area contributed by atoms with Gasteiger partial charge in [0, 0.05) is 30.3 Å². The fourth-order valence-corrected chi connectivity index (χ4v) is 4.81. The van der Waals surface area contributed by atoms with Gasteiger partial charge < -0.3 is 10.2 Å². The molecule has 0 fully saturated rings. The van der Waals surface area contributed by atoms with E-state index < -0.39 is 6.04 Å². The maximum atomic E-state index is 14.0. The van der Waals surface area contributed by atoms with Crippen LogP contribution in [0.2, 0.25) is 5.02 Å². The molecule has 0 saturated heterocycles. The van der Waals surface area contributed by atoms with Crippen molar-refractivity contribution >= 4 is 35.2 Å². The number of carbonyl (C=O) groups excluding carboxylic acids is 2. The lowest BCUT2D eigenvalue weighted by atomic mass is 10.0. The van der Waals surface area contributed by atoms with Gasteiger partial charge in [0.1, 0.15) is 11.9 Å². The Morgan fingerprint density at radius 1 is 1.00 bits per heavy atom. The Hall–Kier alpha value is -2.83. The number of nitrogens with one attached hydrogen (secondary N) is 1. The predicted octanol–water partition coefficient (Wildman–Crippen LogP) is 5.88. The first-order valence-electron chi connectivity index (χ1n) is 11.6. The third kappa shape index (κ3) is 8.41. The van der Waals surface area contributed by atoms with Crippen LogP contribution in [0.25, 0.3) is 0 Å². The number of halogens is 2. The van der Waals surface area contributed by atoms with Crippen LogP contribution in [0.3, 0.4) is 0 Å². The molecule has 0 aromatic heterocycles. The summed E-state index contributed by atoms with van der Waals surface area (Å²) in [4.78, 5) is 28.4. The Kier molecular flexibility index (Phi) is 10.6. The van der Waals surface area contributed by atoms with Crippen molar-refractivity contribution in [1.82, 2.24) is 10.2 Å². The Bertz CT molecular complexity index is 1110. The van der Waals surface area contributed by atoms with E-state index in [2.05, 4.69) is 5.32 Å². The second kappa shape index (κ2) is 13.9. The van der Waals surface area contributed by atoms with Gasteiger partial charge in [-0.05, 0) is 41.3 Å². The van der Waals surface area contributed by atoms with Crippen LogP contribution in [0, 0.1) is 5.82 Å². The van der Waals surface area contributed by atoms with E-state index in [1.54, 1.807) is 35.2 Å². The lowest BCUT2D eigenvalue weighted by Gasteiger charge is -2.31. The third-order valence-corrected chi connectivity index (χ3v) is 6.70. The second-order valence-corrected chi connectivity index (χ2v) is 9.65. The average Bonchev–Trinajstić information content (AvgIpc) is 2.86. The van der Waals surface area contributed by atoms with Crippen LogP contribution in [0.1, 0.15) is 30.0 Å². The first-order chi connectivity index (χ1) is 17.0. The minimum atomic E-state index is -0.690. The van der Waals surface area contributed by atoms with Gasteiger partial charge in [-0.15, -0.1) is 11.8 Å². The van der Waals surface area contributed by atoms with E-state index in [9.17, 15) is 14.0 Å². The first kappa shape index (κ1) is 26.8. The molecule has 0 aliphatic carbocycles. The molecule has 0 heterocycles. The number of benzene rings is 3. The molecule has 0 aliphatic rings. The van der Waals surface area contributed by atoms with Crippen LogP contribution in [-0.2, 0) is 28.3 Å². The summed E-state index contributed by atoms with van der Waals surface area (Å²) in [5.74, 6) is -0.163. The summed E-state index contributed by atoms with van der Waals surface area (Å²) in [5, 5.41) is 3.53. The van der Waals surface area contributed by atoms with Gasteiger partial charge in [-0.25, -0.2) is 4.39 Å². The maximum absolute atomic E-state index is 14.0. The molecule has 0 spiro atoms. The maximum Gasteiger partial charge on any atom is 0.243 e. The van der Waals surface area contributed by atoms with Crippen molar-refractivity contribution in [2.45, 2.75) is 38.1 Å². The van der Waals surface area contributed by atoms with Crippen LogP contribution in [0.4, 0.5) is 4.39 Å². The molecule has 0 unspecified atom stereocenters. The van der Waals surface area contributed by atoms with Gasteiger partial charge in [-0.3, -0.25) is 9.59 Å². The molecule has 0 radical (unpaired) electrons. The number of amides is 2. The molecule has 0 saturated carbocycles. The van der Waals surface area contributed by atoms with Crippen molar-refractivity contribution in [3.8, 4) is 0 Å². The zero-order chi connectivity index (χ0) is 25.0. The van der Waals surface area contributed by atoms with Crippen molar-refractivity contribution < 1.29 is 14.0 Å². The van der Waals surface area contributed by atoms with Crippen molar-refractivity contribution in [3.63, 3.8) is 0 Å². The van der Waals surface area contributed by atoms with Gasteiger partial charge in [0.2, 0.25) is 11.8 Å². The van der Waals surface area contributed by atoms with E-state index in [4.69, 9.17) is 11.6 Å². The molecule has 35 heavy (non-hydrogen) atoms. The van der Waals surface area contributed by atoms with Crippen LogP contribution in [0.15, 0.2) is 78.9 Å². The van der Waals surface area contributed by atoms with Gasteiger partial charge in [0.15, 0.2) is 0 Å². The van der Waals surface area contributed by atoms with Crippen LogP contribution < -0.4 is 5.32 Å². The van der Waals surface area contributed by atoms with Gasteiger partial charge in [0.25, 0.3) is 0 Å². The van der Waals surface area contributed by atoms with E-state index >= 15 is 0 Å². The molecule has 1 atom stereocenters. The number of rotatable bonds is 12. The molecule has 3 aromatic carbocycles. The van der Waals surface area contributed by atoms with Crippen molar-refractivity contribution in [2.75, 3.05) is 12.3 Å². The fraction of sp³-hybridized carbons (Fsp3) is 0.286. The van der Waals surface area contributed by atoms with E-state index in [0.29, 0.717) is 29.3 Å². The highest BCUT2D eigenvalue weighted by Crippen LogP contribution is 2.20. The molecule has 2 amide bonds. The molecular weight excluding hydrogens is 483 g/mol. The molecule has 4 nitrogen and oxygen atoms in total. The standard InChI is InChI=1S/C28H30ClFN2O2S/c1-2-15-31-28(34)26(17-21-9-4-3-5-10-21)32(18-22-11-8-13-24(29)16-22)27(33)20-35-19-23-12-6-7-14-25(23)30/h3-14,16,26H,2,15,17-20H2,1H3,(H,31,34)/t26-/m1/s1. The smallest absolute Gasteiger partial charge is 0.243 e. The predicted molar refractivity (Wildman–Crippen MR) is 142 cm³/mol. The van der Waals surface area contributed by atoms with Crippen molar-refractivity contribution in [3.05, 3.63) is 106 Å². The van der Waals surface area contributed by atoms with E-state index in [0.717, 1.165) is 17.5 Å². The van der Waals surface area contributed by atoms with E-state index in [1.807, 2.05) is 49.4 Å². The van der Waals surface area contributed by atoms with Gasteiger partial charge in [-0.2, -0.15) is 0 Å². The SMILES string of the molecule is CCCNC(=O)[C@@H](Cc1ccccc1)N(Cc1cccc(Cl)c1)C(=O)CSCc1ccccc1F. The summed E-state index contributed by atoms with van der Waals surface area (Å²) in [7, 11) is 0. The largest absolute Gasteiger partial charge is 0.354 e. The lowest BCUT2D eigenvalue weighted by molar-refractivity contribution is -0.139. The normalized spacial score (nSPS) is 11.6. The molecular formula is C28H30ClFN2O2S. The summed E-state index contributed by atoms with van der Waals surface area (Å²) in [6.45, 7) is 2.77. The number of thioether (sulfide) groups is 1. The molecule has 7 heteroatoms. The Morgan fingerprint density at radius 2 is 1.71 bits per heavy atom. The monoisotopic (exact) mass is 512 g/mol. The lowest BCUT2D eigenvalue weighted by Crippen LogP contribution is -2.51. The fourth-order valence-electron chi connectivity index (χ4n) is 3.70. The zero-order valence-electron chi connectivity index (χ0n) is 19.8. The number of hydrogen-bond acceptors (Lipinski definition) is 3. The van der Waals surface area contributed by atoms with Gasteiger partial charge in [0.05, 0.1) is 5.75 Å². The Labute approximate surface area is 215 Å². The summed E-state index contributed by atoms with van der Waals surface area (Å²) < 4.78 is 14.0. The van der Waals surface area contributed by atoms with Gasteiger partial charge in [-0.1, -0.05) is 79.2 Å². The number of carbonyl (C=O) groups is 2. The molecule has 0 aliphatic heterocycles. The Balaban J connectivity index is 1.84. The van der Waals surface area contributed by atoms with E-state index in [1.165, 1.54) is 17.8 Å². The summed E-state index contributed by atoms with van der Waals surface area (Å²) in [5.41, 5.74) is 2.35. The number of nitrogens with zero attached hydrogens (tertiary/aromatic N) is 1. The first-order valence-corrected chi connectivity index (χ1v) is 13.2. The van der Waals surface area contributed by atoms with E-state index in [-0.39, 0.29) is 29.9 Å². The second-order valence-electron chi connectivity index (χ2n) is 8.23. The molecule has 184 valence electrons. The van der Waals surface area contributed by atoms with Crippen molar-refractivity contribution in [2.24, 2.45) is 0 Å².